The van der Waals surface area contributed by atoms with Gasteiger partial charge in [-0.15, -0.1) is 0 Å². The average Bonchev–Trinajstić information content (AvgIpc) is 2.98. The smallest absolute Gasteiger partial charge is 0.307 e. The Kier molecular flexibility index (Phi) is 4.01. The number of aliphatic carboxylic acids is 1. The van der Waals surface area contributed by atoms with Gasteiger partial charge in [-0.2, -0.15) is 0 Å². The van der Waals surface area contributed by atoms with Crippen LogP contribution >= 0.6 is 0 Å². The highest BCUT2D eigenvalue weighted by atomic mass is 16.4. The van der Waals surface area contributed by atoms with E-state index in [2.05, 4.69) is 6.08 Å². The van der Waals surface area contributed by atoms with Crippen molar-refractivity contribution in [2.75, 3.05) is 26.7 Å². The lowest BCUT2D eigenvalue weighted by atomic mass is 10.1. The number of likely N-dealkylation sites (tertiary alicyclic amines) is 1. The SMILES string of the molecule is CN(C(=O)CN1CCC(C(=O)O)C1)C1=CCCC1. The molecule has 1 saturated heterocycles. The van der Waals surface area contributed by atoms with Gasteiger partial charge in [-0.1, -0.05) is 6.08 Å². The minimum atomic E-state index is -0.753. The lowest BCUT2D eigenvalue weighted by Gasteiger charge is -2.22. The molecule has 0 aromatic rings. The molecule has 0 bridgehead atoms. The highest BCUT2D eigenvalue weighted by Crippen LogP contribution is 2.21. The topological polar surface area (TPSA) is 60.9 Å². The summed E-state index contributed by atoms with van der Waals surface area (Å²) in [6, 6.07) is 0. The molecule has 100 valence electrons. The summed E-state index contributed by atoms with van der Waals surface area (Å²) in [5.41, 5.74) is 1.11. The van der Waals surface area contributed by atoms with E-state index in [1.807, 2.05) is 11.9 Å². The minimum Gasteiger partial charge on any atom is -0.481 e. The summed E-state index contributed by atoms with van der Waals surface area (Å²) >= 11 is 0. The maximum Gasteiger partial charge on any atom is 0.307 e. The third kappa shape index (κ3) is 2.90. The second-order valence-electron chi connectivity index (χ2n) is 5.10. The Morgan fingerprint density at radius 3 is 2.89 bits per heavy atom. The van der Waals surface area contributed by atoms with E-state index in [1.165, 1.54) is 0 Å². The van der Waals surface area contributed by atoms with Crippen LogP contribution in [0.1, 0.15) is 25.7 Å². The minimum absolute atomic E-state index is 0.0641. The Morgan fingerprint density at radius 2 is 2.33 bits per heavy atom. The van der Waals surface area contributed by atoms with E-state index in [0.29, 0.717) is 26.1 Å². The Morgan fingerprint density at radius 1 is 1.56 bits per heavy atom. The van der Waals surface area contributed by atoms with Gasteiger partial charge in [0.05, 0.1) is 12.5 Å². The normalized spacial score (nSPS) is 24.1. The number of carbonyl (C=O) groups is 2. The van der Waals surface area contributed by atoms with Crippen molar-refractivity contribution in [3.63, 3.8) is 0 Å². The molecule has 1 aliphatic heterocycles. The molecule has 0 saturated carbocycles. The Labute approximate surface area is 107 Å². The molecule has 1 N–H and O–H groups in total. The fourth-order valence-corrected chi connectivity index (χ4v) is 2.59. The molecule has 1 heterocycles. The first-order chi connectivity index (χ1) is 8.58. The van der Waals surface area contributed by atoms with Crippen LogP contribution in [0, 0.1) is 5.92 Å². The van der Waals surface area contributed by atoms with Gasteiger partial charge in [0.15, 0.2) is 0 Å². The summed E-state index contributed by atoms with van der Waals surface area (Å²) in [6.07, 6.45) is 5.91. The first kappa shape index (κ1) is 13.1. The molecule has 1 atom stereocenters. The van der Waals surface area contributed by atoms with E-state index >= 15 is 0 Å². The Bertz CT molecular complexity index is 378. The van der Waals surface area contributed by atoms with Gasteiger partial charge in [0, 0.05) is 19.3 Å². The number of hydrogen-bond donors (Lipinski definition) is 1. The van der Waals surface area contributed by atoms with Crippen LogP contribution in [0.3, 0.4) is 0 Å². The van der Waals surface area contributed by atoms with Gasteiger partial charge in [0.25, 0.3) is 0 Å². The number of carbonyl (C=O) groups excluding carboxylic acids is 1. The van der Waals surface area contributed by atoms with Crippen LogP contribution in [0.4, 0.5) is 0 Å². The maximum absolute atomic E-state index is 12.1. The van der Waals surface area contributed by atoms with E-state index < -0.39 is 5.97 Å². The number of nitrogens with zero attached hydrogens (tertiary/aromatic N) is 2. The van der Waals surface area contributed by atoms with Crippen molar-refractivity contribution in [1.29, 1.82) is 0 Å². The molecule has 5 heteroatoms. The number of carboxylic acids is 1. The predicted octanol–water partition coefficient (Wildman–Crippen LogP) is 0.919. The largest absolute Gasteiger partial charge is 0.481 e. The standard InChI is InChI=1S/C13H20N2O3/c1-14(11-4-2-3-5-11)12(16)9-15-7-6-10(8-15)13(17)18/h4,10H,2-3,5-9H2,1H3,(H,17,18). The quantitative estimate of drug-likeness (QED) is 0.808. The van der Waals surface area contributed by atoms with Gasteiger partial charge in [0.1, 0.15) is 0 Å². The van der Waals surface area contributed by atoms with Crippen molar-refractivity contribution in [3.05, 3.63) is 11.8 Å². The number of amides is 1. The molecule has 1 amide bonds. The molecule has 0 spiro atoms. The Hall–Kier alpha value is -1.36. The van der Waals surface area contributed by atoms with Gasteiger partial charge in [0.2, 0.25) is 5.91 Å². The van der Waals surface area contributed by atoms with Crippen molar-refractivity contribution in [3.8, 4) is 0 Å². The van der Waals surface area contributed by atoms with E-state index in [9.17, 15) is 9.59 Å². The van der Waals surface area contributed by atoms with E-state index in [1.54, 1.807) is 4.90 Å². The lowest BCUT2D eigenvalue weighted by Crippen LogP contribution is -2.37. The molecular weight excluding hydrogens is 232 g/mol. The van der Waals surface area contributed by atoms with E-state index in [4.69, 9.17) is 5.11 Å². The zero-order valence-corrected chi connectivity index (χ0v) is 10.8. The van der Waals surface area contributed by atoms with E-state index in [0.717, 1.165) is 25.0 Å². The van der Waals surface area contributed by atoms with Crippen LogP contribution in [0.2, 0.25) is 0 Å². The number of carboxylic acid groups (broad SMARTS) is 1. The molecule has 1 unspecified atom stereocenters. The predicted molar refractivity (Wildman–Crippen MR) is 66.9 cm³/mol. The molecule has 2 rings (SSSR count). The maximum atomic E-state index is 12.1. The van der Waals surface area contributed by atoms with Crippen LogP contribution in [0.5, 0.6) is 0 Å². The van der Waals surface area contributed by atoms with Gasteiger partial charge in [-0.3, -0.25) is 14.5 Å². The number of rotatable bonds is 4. The van der Waals surface area contributed by atoms with Crippen molar-refractivity contribution in [1.82, 2.24) is 9.80 Å². The highest BCUT2D eigenvalue weighted by Gasteiger charge is 2.29. The van der Waals surface area contributed by atoms with Crippen molar-refractivity contribution < 1.29 is 14.7 Å². The zero-order chi connectivity index (χ0) is 13.1. The van der Waals surface area contributed by atoms with Crippen LogP contribution in [0.15, 0.2) is 11.8 Å². The Balaban J connectivity index is 1.83. The van der Waals surface area contributed by atoms with Crippen LogP contribution in [-0.4, -0.2) is 53.5 Å². The van der Waals surface area contributed by atoms with Crippen molar-refractivity contribution in [2.45, 2.75) is 25.7 Å². The summed E-state index contributed by atoms with van der Waals surface area (Å²) in [4.78, 5) is 26.6. The lowest BCUT2D eigenvalue weighted by molar-refractivity contribution is -0.141. The molecule has 1 aliphatic carbocycles. The molecular formula is C13H20N2O3. The van der Waals surface area contributed by atoms with Gasteiger partial charge < -0.3 is 10.0 Å². The van der Waals surface area contributed by atoms with Gasteiger partial charge in [-0.05, 0) is 32.2 Å². The summed E-state index contributed by atoms with van der Waals surface area (Å²) in [5, 5.41) is 8.92. The van der Waals surface area contributed by atoms with E-state index in [-0.39, 0.29) is 11.8 Å². The summed E-state index contributed by atoms with van der Waals surface area (Å²) < 4.78 is 0. The molecule has 2 aliphatic rings. The molecule has 5 nitrogen and oxygen atoms in total. The van der Waals surface area contributed by atoms with Crippen LogP contribution in [0.25, 0.3) is 0 Å². The molecule has 0 radical (unpaired) electrons. The molecule has 0 aromatic heterocycles. The fraction of sp³-hybridized carbons (Fsp3) is 0.692. The summed E-state index contributed by atoms with van der Waals surface area (Å²) in [5.74, 6) is -1.00. The third-order valence-electron chi connectivity index (χ3n) is 3.80. The molecule has 1 fully saturated rings. The third-order valence-corrected chi connectivity index (χ3v) is 3.80. The number of likely N-dealkylation sites (N-methyl/N-ethyl adjacent to an activating group) is 1. The van der Waals surface area contributed by atoms with Gasteiger partial charge >= 0.3 is 5.97 Å². The van der Waals surface area contributed by atoms with Crippen molar-refractivity contribution >= 4 is 11.9 Å². The second-order valence-corrected chi connectivity index (χ2v) is 5.10. The average molecular weight is 252 g/mol. The van der Waals surface area contributed by atoms with Gasteiger partial charge in [-0.25, -0.2) is 0 Å². The number of allylic oxidation sites excluding steroid dienone is 2. The summed E-state index contributed by atoms with van der Waals surface area (Å²) in [6.45, 7) is 1.53. The fourth-order valence-electron chi connectivity index (χ4n) is 2.59. The van der Waals surface area contributed by atoms with Crippen LogP contribution < -0.4 is 0 Å². The first-order valence-electron chi connectivity index (χ1n) is 6.48. The first-order valence-corrected chi connectivity index (χ1v) is 6.48. The summed E-state index contributed by atoms with van der Waals surface area (Å²) in [7, 11) is 1.81. The van der Waals surface area contributed by atoms with Crippen LogP contribution in [-0.2, 0) is 9.59 Å². The number of hydrogen-bond acceptors (Lipinski definition) is 3. The highest BCUT2D eigenvalue weighted by molar-refractivity contribution is 5.80. The van der Waals surface area contributed by atoms with Crippen molar-refractivity contribution in [2.24, 2.45) is 5.92 Å². The second kappa shape index (κ2) is 5.52. The monoisotopic (exact) mass is 252 g/mol. The zero-order valence-electron chi connectivity index (χ0n) is 10.8. The molecule has 0 aromatic carbocycles. The molecule has 18 heavy (non-hydrogen) atoms.